The second-order valence-electron chi connectivity index (χ2n) is 3.23. The summed E-state index contributed by atoms with van der Waals surface area (Å²) in [7, 11) is 0. The number of halogens is 3. The molecule has 1 aromatic carbocycles. The molecule has 0 aliphatic rings. The Morgan fingerprint density at radius 1 is 1.29 bits per heavy atom. The Kier molecular flexibility index (Phi) is 3.38. The van der Waals surface area contributed by atoms with Crippen molar-refractivity contribution in [1.82, 2.24) is 0 Å². The van der Waals surface area contributed by atoms with Crippen molar-refractivity contribution in [2.45, 2.75) is 26.3 Å². The van der Waals surface area contributed by atoms with E-state index in [0.717, 1.165) is 5.56 Å². The lowest BCUT2D eigenvalue weighted by molar-refractivity contribution is 0.130. The highest BCUT2D eigenvalue weighted by Gasteiger charge is 2.14. The molecule has 0 aliphatic carbocycles. The summed E-state index contributed by atoms with van der Waals surface area (Å²) in [6, 6.07) is 3.09. The van der Waals surface area contributed by atoms with E-state index < -0.39 is 18.3 Å². The van der Waals surface area contributed by atoms with Crippen molar-refractivity contribution in [3.05, 3.63) is 29.6 Å². The predicted octanol–water partition coefficient (Wildman–Crippen LogP) is 3.20. The van der Waals surface area contributed by atoms with Crippen LogP contribution in [0.1, 0.15) is 12.5 Å². The maximum absolute atomic E-state index is 12.8. The van der Waals surface area contributed by atoms with Gasteiger partial charge in [0.15, 0.2) is 0 Å². The van der Waals surface area contributed by atoms with Crippen LogP contribution in [0.2, 0.25) is 0 Å². The minimum atomic E-state index is -2.46. The highest BCUT2D eigenvalue weighted by Crippen LogP contribution is 2.18. The van der Waals surface area contributed by atoms with Gasteiger partial charge in [0.1, 0.15) is 5.82 Å². The van der Waals surface area contributed by atoms with Crippen LogP contribution in [-0.4, -0.2) is 12.5 Å². The molecule has 0 saturated carbocycles. The third kappa shape index (κ3) is 2.65. The quantitative estimate of drug-likeness (QED) is 0.795. The van der Waals surface area contributed by atoms with Gasteiger partial charge < -0.3 is 5.32 Å². The summed E-state index contributed by atoms with van der Waals surface area (Å²) in [4.78, 5) is 0. The van der Waals surface area contributed by atoms with E-state index in [1.54, 1.807) is 13.0 Å². The van der Waals surface area contributed by atoms with Crippen LogP contribution in [0.25, 0.3) is 0 Å². The highest BCUT2D eigenvalue weighted by atomic mass is 19.3. The van der Waals surface area contributed by atoms with E-state index in [-0.39, 0.29) is 0 Å². The molecule has 0 fully saturated rings. The lowest BCUT2D eigenvalue weighted by Crippen LogP contribution is -2.24. The lowest BCUT2D eigenvalue weighted by atomic mass is 10.2. The van der Waals surface area contributed by atoms with E-state index in [1.165, 1.54) is 19.1 Å². The summed E-state index contributed by atoms with van der Waals surface area (Å²) in [5.74, 6) is -0.431. The Hall–Kier alpha value is -1.19. The summed E-state index contributed by atoms with van der Waals surface area (Å²) < 4.78 is 37.2. The molecule has 0 bridgehead atoms. The van der Waals surface area contributed by atoms with Crippen LogP contribution in [0.3, 0.4) is 0 Å². The first-order valence-corrected chi connectivity index (χ1v) is 4.31. The first kappa shape index (κ1) is 10.9. The number of benzene rings is 1. The average Bonchev–Trinajstić information content (AvgIpc) is 2.11. The van der Waals surface area contributed by atoms with Gasteiger partial charge >= 0.3 is 0 Å². The van der Waals surface area contributed by atoms with Crippen LogP contribution >= 0.6 is 0 Å². The first-order chi connectivity index (χ1) is 6.50. The molecule has 78 valence electrons. The maximum Gasteiger partial charge on any atom is 0.258 e. The number of anilines is 1. The molecule has 0 aliphatic heterocycles. The van der Waals surface area contributed by atoms with E-state index in [0.29, 0.717) is 5.69 Å². The second kappa shape index (κ2) is 4.35. The standard InChI is InChI=1S/C10H12F3N/c1-6-3-4-8(11)5-9(6)14-7(2)10(12)13/h3-5,7,10,14H,1-2H3. The topological polar surface area (TPSA) is 12.0 Å². The number of aryl methyl sites for hydroxylation is 1. The van der Waals surface area contributed by atoms with E-state index >= 15 is 0 Å². The number of hydrogen-bond donors (Lipinski definition) is 1. The van der Waals surface area contributed by atoms with E-state index in [2.05, 4.69) is 5.32 Å². The van der Waals surface area contributed by atoms with Gasteiger partial charge in [0, 0.05) is 5.69 Å². The molecule has 0 spiro atoms. The molecule has 1 aromatic rings. The molecule has 1 N–H and O–H groups in total. The third-order valence-electron chi connectivity index (χ3n) is 1.96. The van der Waals surface area contributed by atoms with Crippen LogP contribution in [-0.2, 0) is 0 Å². The lowest BCUT2D eigenvalue weighted by Gasteiger charge is -2.15. The van der Waals surface area contributed by atoms with Crippen LogP contribution in [0.5, 0.6) is 0 Å². The fourth-order valence-corrected chi connectivity index (χ4v) is 1.06. The zero-order valence-corrected chi connectivity index (χ0v) is 8.02. The summed E-state index contributed by atoms with van der Waals surface area (Å²) in [6.45, 7) is 3.09. The number of nitrogens with one attached hydrogen (secondary N) is 1. The van der Waals surface area contributed by atoms with Crippen molar-refractivity contribution in [2.24, 2.45) is 0 Å². The third-order valence-corrected chi connectivity index (χ3v) is 1.96. The Morgan fingerprint density at radius 3 is 2.50 bits per heavy atom. The molecular weight excluding hydrogens is 191 g/mol. The maximum atomic E-state index is 12.8. The first-order valence-electron chi connectivity index (χ1n) is 4.31. The molecular formula is C10H12F3N. The van der Waals surface area contributed by atoms with Gasteiger partial charge in [-0.05, 0) is 31.5 Å². The average molecular weight is 203 g/mol. The minimum absolute atomic E-state index is 0.415. The number of alkyl halides is 2. The zero-order chi connectivity index (χ0) is 10.7. The molecule has 1 atom stereocenters. The van der Waals surface area contributed by atoms with Gasteiger partial charge in [-0.25, -0.2) is 13.2 Å². The van der Waals surface area contributed by atoms with Gasteiger partial charge in [-0.2, -0.15) is 0 Å². The highest BCUT2D eigenvalue weighted by molar-refractivity contribution is 5.51. The van der Waals surface area contributed by atoms with Crippen molar-refractivity contribution in [1.29, 1.82) is 0 Å². The smallest absolute Gasteiger partial charge is 0.258 e. The van der Waals surface area contributed by atoms with Crippen molar-refractivity contribution < 1.29 is 13.2 Å². The van der Waals surface area contributed by atoms with Gasteiger partial charge in [0.05, 0.1) is 6.04 Å². The second-order valence-corrected chi connectivity index (χ2v) is 3.23. The molecule has 1 unspecified atom stereocenters. The molecule has 0 amide bonds. The van der Waals surface area contributed by atoms with Gasteiger partial charge in [-0.15, -0.1) is 0 Å². The molecule has 0 aromatic heterocycles. The summed E-state index contributed by atoms with van der Waals surface area (Å²) in [6.07, 6.45) is -2.46. The van der Waals surface area contributed by atoms with Crippen LogP contribution in [0.15, 0.2) is 18.2 Å². The van der Waals surface area contributed by atoms with Gasteiger partial charge in [0.2, 0.25) is 0 Å². The monoisotopic (exact) mass is 203 g/mol. The van der Waals surface area contributed by atoms with Gasteiger partial charge in [-0.3, -0.25) is 0 Å². The van der Waals surface area contributed by atoms with E-state index in [9.17, 15) is 13.2 Å². The number of rotatable bonds is 3. The normalized spacial score (nSPS) is 13.0. The zero-order valence-electron chi connectivity index (χ0n) is 8.02. The van der Waals surface area contributed by atoms with Crippen molar-refractivity contribution in [3.63, 3.8) is 0 Å². The Balaban J connectivity index is 2.80. The van der Waals surface area contributed by atoms with Crippen molar-refractivity contribution >= 4 is 5.69 Å². The minimum Gasteiger partial charge on any atom is -0.377 e. The number of hydrogen-bond acceptors (Lipinski definition) is 1. The molecule has 0 radical (unpaired) electrons. The van der Waals surface area contributed by atoms with Gasteiger partial charge in [-0.1, -0.05) is 6.07 Å². The van der Waals surface area contributed by atoms with Crippen molar-refractivity contribution in [2.75, 3.05) is 5.32 Å². The summed E-state index contributed by atoms with van der Waals surface area (Å²) >= 11 is 0. The van der Waals surface area contributed by atoms with E-state index in [1.807, 2.05) is 0 Å². The fraction of sp³-hybridized carbons (Fsp3) is 0.400. The molecule has 0 heterocycles. The van der Waals surface area contributed by atoms with Crippen LogP contribution in [0.4, 0.5) is 18.9 Å². The fourth-order valence-electron chi connectivity index (χ4n) is 1.06. The SMILES string of the molecule is Cc1ccc(F)cc1NC(C)C(F)F. The predicted molar refractivity (Wildman–Crippen MR) is 50.2 cm³/mol. The van der Waals surface area contributed by atoms with Crippen LogP contribution in [0, 0.1) is 12.7 Å². The molecule has 4 heteroatoms. The van der Waals surface area contributed by atoms with Crippen molar-refractivity contribution in [3.8, 4) is 0 Å². The Labute approximate surface area is 80.9 Å². The molecule has 1 rings (SSSR count). The molecule has 0 saturated heterocycles. The largest absolute Gasteiger partial charge is 0.377 e. The summed E-state index contributed by atoms with van der Waals surface area (Å²) in [5.41, 5.74) is 1.16. The van der Waals surface area contributed by atoms with Gasteiger partial charge in [0.25, 0.3) is 6.43 Å². The molecule has 1 nitrogen and oxygen atoms in total. The van der Waals surface area contributed by atoms with E-state index in [4.69, 9.17) is 0 Å². The summed E-state index contributed by atoms with van der Waals surface area (Å²) in [5, 5.41) is 2.56. The molecule has 14 heavy (non-hydrogen) atoms. The van der Waals surface area contributed by atoms with Crippen LogP contribution < -0.4 is 5.32 Å². The Bertz CT molecular complexity index is 312. The Morgan fingerprint density at radius 2 is 1.93 bits per heavy atom.